The number of phenols is 4. The lowest BCUT2D eigenvalue weighted by molar-refractivity contribution is -0.170. The molecule has 1 saturated heterocycles. The third kappa shape index (κ3) is 48.8. The zero-order chi connectivity index (χ0) is 104. The van der Waals surface area contributed by atoms with Gasteiger partial charge in [0.25, 0.3) is 0 Å². The minimum absolute atomic E-state index is 0.0197. The van der Waals surface area contributed by atoms with Crippen LogP contribution in [0.15, 0.2) is 194 Å². The lowest BCUT2D eigenvalue weighted by Crippen LogP contribution is -2.38. The van der Waals surface area contributed by atoms with Gasteiger partial charge in [-0.2, -0.15) is 0 Å². The normalized spacial score (nSPS) is 17.9. The largest absolute Gasteiger partial charge is 0.508 e. The van der Waals surface area contributed by atoms with Crippen LogP contribution in [0.25, 0.3) is 0 Å². The molecule has 14 unspecified atom stereocenters. The van der Waals surface area contributed by atoms with Crippen molar-refractivity contribution in [2.24, 2.45) is 35.0 Å². The molecule has 3 saturated carbocycles. The minimum atomic E-state index is -0.329. The van der Waals surface area contributed by atoms with Crippen molar-refractivity contribution in [3.05, 3.63) is 239 Å². The number of benzene rings is 8. The average Bonchev–Trinajstić information content (AvgIpc) is 1.74. The predicted molar refractivity (Wildman–Crippen MR) is 596 cm³/mol. The minimum Gasteiger partial charge on any atom is -0.508 e. The zero-order valence-electron chi connectivity index (χ0n) is 93.6. The van der Waals surface area contributed by atoms with Crippen LogP contribution in [0.5, 0.6) is 46.0 Å². The fourth-order valence-corrected chi connectivity index (χ4v) is 17.6. The van der Waals surface area contributed by atoms with E-state index < -0.39 is 0 Å². The first-order valence-electron chi connectivity index (χ1n) is 55.8. The maximum absolute atomic E-state index is 12.0. The van der Waals surface area contributed by atoms with Crippen molar-refractivity contribution < 1.29 is 63.1 Å². The van der Waals surface area contributed by atoms with Crippen LogP contribution in [0.4, 0.5) is 0 Å². The molecule has 790 valence electrons. The van der Waals surface area contributed by atoms with Gasteiger partial charge in [-0.3, -0.25) is 4.79 Å². The van der Waals surface area contributed by atoms with Crippen LogP contribution in [0.1, 0.15) is 471 Å². The maximum Gasteiger partial charge on any atom is 0.312 e. The van der Waals surface area contributed by atoms with E-state index in [-0.39, 0.29) is 35.9 Å². The average molecular weight is 1950 g/mol. The smallest absolute Gasteiger partial charge is 0.312 e. The Morgan fingerprint density at radius 2 is 0.624 bits per heavy atom. The molecule has 12 rings (SSSR count). The summed E-state index contributed by atoms with van der Waals surface area (Å²) in [5.41, 5.74) is 10.3. The molecular weight excluding hydrogens is 1750 g/mol. The molecule has 4 fully saturated rings. The summed E-state index contributed by atoms with van der Waals surface area (Å²) in [5.74, 6) is 13.4. The topological polar surface area (TPSA) is 172 Å². The molecule has 1 aliphatic heterocycles. The molecule has 13 heteroatoms. The molecule has 3 aliphatic carbocycles. The molecule has 0 spiro atoms. The Balaban J connectivity index is 0.000000335. The second kappa shape index (κ2) is 70.3. The van der Waals surface area contributed by atoms with Crippen molar-refractivity contribution in [2.45, 2.75) is 457 Å². The molecule has 141 heavy (non-hydrogen) atoms. The maximum atomic E-state index is 12.0. The fraction of sp³-hybridized carbons (Fsp3) is 0.617. The van der Waals surface area contributed by atoms with Crippen molar-refractivity contribution in [3.63, 3.8) is 0 Å². The molecule has 0 amide bonds. The molecule has 0 bridgehead atoms. The SMILES string of the molecule is CCC(C)c1ccc(O)cc1.CCC(C)c1ccc(O)cc1.CCC(C)c1ccc(O)cc1.CCC(C)c1ccc(O)cc1.CCC(C)c1ccc(OC(C)OCCC2CCCCC2)cc1.CCC(C)c1ccc(OC(C)OCCC2CCCCC2)cc1.CCC(C)c1ccc(OC(CC)C(C)C)cc1.CCC1(OC(=O)C(C)(C)CC)CCCC1.CCC1COC(Oc2ccc(C(C)CC)cc2)C(CC)C1. The van der Waals surface area contributed by atoms with Gasteiger partial charge < -0.3 is 58.3 Å². The monoisotopic (exact) mass is 1950 g/mol. The number of aromatic hydroxyl groups is 4. The molecule has 0 aromatic heterocycles. The van der Waals surface area contributed by atoms with Gasteiger partial charge in [-0.1, -0.05) is 327 Å². The highest BCUT2D eigenvalue weighted by Gasteiger charge is 2.40. The van der Waals surface area contributed by atoms with Gasteiger partial charge in [-0.15, -0.1) is 0 Å². The number of hydrogen-bond acceptors (Lipinski definition) is 13. The van der Waals surface area contributed by atoms with Crippen LogP contribution < -0.4 is 18.9 Å². The van der Waals surface area contributed by atoms with Crippen LogP contribution in [0.3, 0.4) is 0 Å². The van der Waals surface area contributed by atoms with Gasteiger partial charge in [-0.05, 0) is 362 Å². The number of phenolic OH excluding ortho intramolecular Hbond substituents is 4. The van der Waals surface area contributed by atoms with E-state index in [9.17, 15) is 4.79 Å². The highest BCUT2D eigenvalue weighted by molar-refractivity contribution is 5.76. The number of carbonyl (C=O) groups excluding carboxylic acids is 1. The van der Waals surface area contributed by atoms with Gasteiger partial charge >= 0.3 is 5.97 Å². The molecular formula is C128H200O13. The Morgan fingerprint density at radius 3 is 0.872 bits per heavy atom. The summed E-state index contributed by atoms with van der Waals surface area (Å²) in [4.78, 5) is 12.0. The third-order valence-electron chi connectivity index (χ3n) is 30.6. The van der Waals surface area contributed by atoms with E-state index in [0.29, 0.717) is 94.2 Å². The Morgan fingerprint density at radius 1 is 0.348 bits per heavy atom. The Hall–Kier alpha value is -8.49. The van der Waals surface area contributed by atoms with Crippen LogP contribution in [0, 0.1) is 35.0 Å². The molecule has 1 heterocycles. The predicted octanol–water partition coefficient (Wildman–Crippen LogP) is 37.5. The van der Waals surface area contributed by atoms with E-state index in [0.717, 1.165) is 119 Å². The number of esters is 1. The van der Waals surface area contributed by atoms with Crippen molar-refractivity contribution in [3.8, 4) is 46.0 Å². The summed E-state index contributed by atoms with van der Waals surface area (Å²) < 4.78 is 47.2. The lowest BCUT2D eigenvalue weighted by atomic mass is 9.87. The van der Waals surface area contributed by atoms with Crippen molar-refractivity contribution >= 4 is 5.97 Å². The van der Waals surface area contributed by atoms with Gasteiger partial charge in [0, 0.05) is 5.92 Å². The fourth-order valence-electron chi connectivity index (χ4n) is 17.6. The first-order valence-corrected chi connectivity index (χ1v) is 55.8. The van der Waals surface area contributed by atoms with Gasteiger partial charge in [0.2, 0.25) is 6.29 Å². The summed E-state index contributed by atoms with van der Waals surface area (Å²) in [7, 11) is 0. The molecule has 4 N–H and O–H groups in total. The zero-order valence-corrected chi connectivity index (χ0v) is 93.6. The second-order valence-electron chi connectivity index (χ2n) is 42.0. The second-order valence-corrected chi connectivity index (χ2v) is 42.0. The van der Waals surface area contributed by atoms with Crippen LogP contribution >= 0.6 is 0 Å². The Bertz CT molecular complexity index is 4110. The highest BCUT2D eigenvalue weighted by Crippen LogP contribution is 2.40. The van der Waals surface area contributed by atoms with Crippen LogP contribution in [-0.4, -0.2) is 76.8 Å². The third-order valence-corrected chi connectivity index (χ3v) is 30.6. The summed E-state index contributed by atoms with van der Waals surface area (Å²) in [5, 5.41) is 36.0. The molecule has 13 nitrogen and oxygen atoms in total. The van der Waals surface area contributed by atoms with Gasteiger partial charge in [0.05, 0.1) is 25.2 Å². The molecule has 8 aromatic carbocycles. The number of carbonyl (C=O) groups is 1. The van der Waals surface area contributed by atoms with Gasteiger partial charge in [0.15, 0.2) is 12.6 Å². The summed E-state index contributed by atoms with van der Waals surface area (Å²) in [6, 6.07) is 63.7. The number of ether oxygens (including phenoxy) is 8. The highest BCUT2D eigenvalue weighted by atomic mass is 16.7. The van der Waals surface area contributed by atoms with E-state index in [1.54, 1.807) is 48.5 Å². The van der Waals surface area contributed by atoms with Gasteiger partial charge in [-0.25, -0.2) is 0 Å². The van der Waals surface area contributed by atoms with Crippen molar-refractivity contribution in [1.82, 2.24) is 0 Å². The van der Waals surface area contributed by atoms with Crippen LogP contribution in [-0.2, 0) is 23.7 Å². The standard InChI is InChI=1S/2C20H32O2.C19H30O2.C16H26O.C13H24O2.4C10H14O/c2*1-4-16(2)19-10-12-20(13-11-19)22-17(3)21-15-14-18-8-6-5-7-9-18;1-5-14(4)17-8-10-18(11-9-17)21-19-16(7-3)12-15(6-2)13-20-19;1-6-13(5)14-8-10-15(11-9-14)17-16(7-2)12(3)4;1-5-12(3,4)11(14)15-13(6-2)9-7-8-10-13;4*1-3-8(2)9-4-6-10(11)7-5-9/h2*10-13,16-18H,4-9,14-15H2,1-3H3;8-11,14-16,19H,5-7,12-13H2,1-4H3;8-13,16H,6-7H2,1-5H3;5-10H2,1-4H3;4*4-8,11H,3H2,1-2H3. The number of rotatable bonds is 40. The first-order chi connectivity index (χ1) is 67.5. The van der Waals surface area contributed by atoms with Crippen molar-refractivity contribution in [2.75, 3.05) is 19.8 Å². The molecule has 0 radical (unpaired) electrons. The summed E-state index contributed by atoms with van der Waals surface area (Å²) >= 11 is 0. The van der Waals surface area contributed by atoms with E-state index in [1.165, 1.54) is 173 Å². The van der Waals surface area contributed by atoms with Gasteiger partial charge in [0.1, 0.15) is 57.7 Å². The Kier molecular flexibility index (Phi) is 62.2. The van der Waals surface area contributed by atoms with E-state index in [1.807, 2.05) is 83.1 Å². The van der Waals surface area contributed by atoms with E-state index in [4.69, 9.17) is 58.3 Å². The molecule has 4 aliphatic rings. The van der Waals surface area contributed by atoms with E-state index >= 15 is 0 Å². The summed E-state index contributed by atoms with van der Waals surface area (Å²) in [6.45, 7) is 60.9. The summed E-state index contributed by atoms with van der Waals surface area (Å²) in [6.07, 6.45) is 36.4. The van der Waals surface area contributed by atoms with Crippen LogP contribution in [0.2, 0.25) is 0 Å². The first kappa shape index (κ1) is 125. The van der Waals surface area contributed by atoms with Crippen molar-refractivity contribution in [1.29, 1.82) is 0 Å². The molecule has 8 aromatic rings. The molecule has 14 atom stereocenters. The number of hydrogen-bond donors (Lipinski definition) is 4. The Labute approximate surface area is 860 Å². The quantitative estimate of drug-likeness (QED) is 0.0211. The van der Waals surface area contributed by atoms with E-state index in [2.05, 4.69) is 249 Å². The lowest BCUT2D eigenvalue weighted by Gasteiger charge is -2.35.